The van der Waals surface area contributed by atoms with Crippen LogP contribution in [0.5, 0.6) is 11.5 Å². The molecule has 3 N–H and O–H groups in total. The van der Waals surface area contributed by atoms with Gasteiger partial charge in [-0.15, -0.1) is 0 Å². The Bertz CT molecular complexity index is 766. The molecule has 0 aliphatic heterocycles. The molecule has 0 radical (unpaired) electrons. The van der Waals surface area contributed by atoms with E-state index in [9.17, 15) is 0 Å². The van der Waals surface area contributed by atoms with Crippen molar-refractivity contribution >= 4 is 17.6 Å². The Balaban J connectivity index is 2.07. The van der Waals surface area contributed by atoms with Gasteiger partial charge in [0, 0.05) is 11.6 Å². The fraction of sp³-hybridized carbons (Fsp3) is 0.381. The number of rotatable bonds is 9. The van der Waals surface area contributed by atoms with E-state index in [1.165, 1.54) is 0 Å². The van der Waals surface area contributed by atoms with Gasteiger partial charge in [-0.3, -0.25) is 0 Å². The average Bonchev–Trinajstić information content (AvgIpc) is 2.71. The molecule has 0 aliphatic rings. The normalized spacial score (nSPS) is 12.4. The van der Waals surface area contributed by atoms with Crippen LogP contribution < -0.4 is 20.1 Å². The van der Waals surface area contributed by atoms with Gasteiger partial charge in [0.15, 0.2) is 17.5 Å². The maximum Gasteiger partial charge on any atom is 0.192 e. The first-order chi connectivity index (χ1) is 13.6. The molecule has 0 fully saturated rings. The van der Waals surface area contributed by atoms with E-state index < -0.39 is 0 Å². The molecule has 28 heavy (non-hydrogen) atoms. The minimum absolute atomic E-state index is 0.0429. The monoisotopic (exact) mass is 405 g/mol. The van der Waals surface area contributed by atoms with Crippen molar-refractivity contribution < 1.29 is 14.6 Å². The third kappa shape index (κ3) is 6.62. The highest BCUT2D eigenvalue weighted by atomic mass is 35.5. The molecular formula is C21H28ClN3O3. The minimum atomic E-state index is -0.0429. The van der Waals surface area contributed by atoms with Crippen LogP contribution in [0.3, 0.4) is 0 Å². The summed E-state index contributed by atoms with van der Waals surface area (Å²) in [6.45, 7) is 5.53. The van der Waals surface area contributed by atoms with Crippen LogP contribution in [0.25, 0.3) is 0 Å². The van der Waals surface area contributed by atoms with Gasteiger partial charge >= 0.3 is 0 Å². The van der Waals surface area contributed by atoms with Gasteiger partial charge in [-0.2, -0.15) is 0 Å². The van der Waals surface area contributed by atoms with Crippen molar-refractivity contribution in [1.29, 1.82) is 0 Å². The van der Waals surface area contributed by atoms with Crippen molar-refractivity contribution in [3.05, 3.63) is 58.6 Å². The Kier molecular flexibility index (Phi) is 8.91. The molecule has 2 aromatic carbocycles. The molecule has 2 rings (SSSR count). The van der Waals surface area contributed by atoms with Crippen LogP contribution in [0, 0.1) is 0 Å². The fourth-order valence-corrected chi connectivity index (χ4v) is 2.74. The number of nitrogens with zero attached hydrogens (tertiary/aromatic N) is 1. The van der Waals surface area contributed by atoms with Crippen LogP contribution in [-0.4, -0.2) is 37.9 Å². The van der Waals surface area contributed by atoms with Crippen molar-refractivity contribution in [3.63, 3.8) is 0 Å². The van der Waals surface area contributed by atoms with E-state index in [4.69, 9.17) is 26.2 Å². The minimum Gasteiger partial charge on any atom is -0.493 e. The summed E-state index contributed by atoms with van der Waals surface area (Å²) >= 11 is 5.97. The Labute approximate surface area is 171 Å². The molecule has 0 amide bonds. The van der Waals surface area contributed by atoms with Gasteiger partial charge < -0.3 is 25.2 Å². The third-order valence-corrected chi connectivity index (χ3v) is 4.32. The standard InChI is InChI=1S/C21H28ClN3O3/c1-4-23-21(25-15(2)17-6-8-18(22)9-7-17)24-14-16-5-10-19(28-12-11-26)20(13-16)27-3/h5-10,13,15,26H,4,11-12,14H2,1-3H3,(H2,23,24,25). The first-order valence-corrected chi connectivity index (χ1v) is 9.66. The molecule has 0 spiro atoms. The molecule has 6 nitrogen and oxygen atoms in total. The van der Waals surface area contributed by atoms with Crippen LogP contribution in [0.2, 0.25) is 5.02 Å². The lowest BCUT2D eigenvalue weighted by Crippen LogP contribution is -2.38. The van der Waals surface area contributed by atoms with Crippen molar-refractivity contribution in [2.75, 3.05) is 26.9 Å². The summed E-state index contributed by atoms with van der Waals surface area (Å²) in [7, 11) is 1.59. The highest BCUT2D eigenvalue weighted by Crippen LogP contribution is 2.28. The van der Waals surface area contributed by atoms with Gasteiger partial charge in [0.25, 0.3) is 0 Å². The second kappa shape index (κ2) is 11.4. The number of methoxy groups -OCH3 is 1. The zero-order valence-electron chi connectivity index (χ0n) is 16.5. The Morgan fingerprint density at radius 3 is 2.57 bits per heavy atom. The summed E-state index contributed by atoms with van der Waals surface area (Å²) in [5, 5.41) is 16.3. The number of aliphatic imine (C=N–C) groups is 1. The molecule has 2 aromatic rings. The van der Waals surface area contributed by atoms with E-state index in [0.29, 0.717) is 18.0 Å². The third-order valence-electron chi connectivity index (χ3n) is 4.06. The average molecular weight is 406 g/mol. The SMILES string of the molecule is CCNC(=NCc1ccc(OCCO)c(OC)c1)NC(C)c1ccc(Cl)cc1. The van der Waals surface area contributed by atoms with Gasteiger partial charge in [0.1, 0.15) is 6.61 Å². The molecule has 7 heteroatoms. The fourth-order valence-electron chi connectivity index (χ4n) is 2.62. The van der Waals surface area contributed by atoms with Crippen molar-refractivity contribution in [2.45, 2.75) is 26.4 Å². The number of guanidine groups is 1. The maximum absolute atomic E-state index is 8.91. The van der Waals surface area contributed by atoms with E-state index in [0.717, 1.165) is 28.7 Å². The summed E-state index contributed by atoms with van der Waals surface area (Å²) < 4.78 is 10.8. The Morgan fingerprint density at radius 2 is 1.93 bits per heavy atom. The number of hydrogen-bond donors (Lipinski definition) is 3. The van der Waals surface area contributed by atoms with Crippen molar-refractivity contribution in [2.24, 2.45) is 4.99 Å². The molecule has 1 atom stereocenters. The number of aliphatic hydroxyl groups excluding tert-OH is 1. The van der Waals surface area contributed by atoms with Crippen LogP contribution in [0.15, 0.2) is 47.5 Å². The van der Waals surface area contributed by atoms with Gasteiger partial charge in [-0.1, -0.05) is 29.8 Å². The number of halogens is 1. The quantitative estimate of drug-likeness (QED) is 0.439. The lowest BCUT2D eigenvalue weighted by atomic mass is 10.1. The largest absolute Gasteiger partial charge is 0.493 e. The number of ether oxygens (including phenoxy) is 2. The Hall–Kier alpha value is -2.44. The number of hydrogen-bond acceptors (Lipinski definition) is 4. The molecule has 0 saturated heterocycles. The molecule has 0 aromatic heterocycles. The molecule has 0 heterocycles. The number of nitrogens with one attached hydrogen (secondary N) is 2. The zero-order chi connectivity index (χ0) is 20.4. The summed E-state index contributed by atoms with van der Waals surface area (Å²) in [4.78, 5) is 4.67. The summed E-state index contributed by atoms with van der Waals surface area (Å²) in [6, 6.07) is 13.5. The predicted molar refractivity (Wildman–Crippen MR) is 113 cm³/mol. The highest BCUT2D eigenvalue weighted by Gasteiger charge is 2.09. The lowest BCUT2D eigenvalue weighted by molar-refractivity contribution is 0.196. The number of aliphatic hydroxyl groups is 1. The van der Waals surface area contributed by atoms with E-state index in [1.807, 2.05) is 49.4 Å². The van der Waals surface area contributed by atoms with E-state index in [-0.39, 0.29) is 19.3 Å². The first-order valence-electron chi connectivity index (χ1n) is 9.28. The summed E-state index contributed by atoms with van der Waals surface area (Å²) in [5.74, 6) is 1.95. The van der Waals surface area contributed by atoms with Crippen LogP contribution in [0.1, 0.15) is 31.0 Å². The lowest BCUT2D eigenvalue weighted by Gasteiger charge is -2.18. The summed E-state index contributed by atoms with van der Waals surface area (Å²) in [6.07, 6.45) is 0. The molecule has 0 aliphatic carbocycles. The Morgan fingerprint density at radius 1 is 1.18 bits per heavy atom. The molecular weight excluding hydrogens is 378 g/mol. The number of benzene rings is 2. The first kappa shape index (κ1) is 21.9. The summed E-state index contributed by atoms with van der Waals surface area (Å²) in [5.41, 5.74) is 2.12. The van der Waals surface area contributed by atoms with Gasteiger partial charge in [0.2, 0.25) is 0 Å². The zero-order valence-corrected chi connectivity index (χ0v) is 17.3. The van der Waals surface area contributed by atoms with Crippen LogP contribution in [-0.2, 0) is 6.54 Å². The molecule has 152 valence electrons. The highest BCUT2D eigenvalue weighted by molar-refractivity contribution is 6.30. The smallest absolute Gasteiger partial charge is 0.192 e. The second-order valence-electron chi connectivity index (χ2n) is 6.17. The van der Waals surface area contributed by atoms with Gasteiger partial charge in [-0.25, -0.2) is 4.99 Å². The van der Waals surface area contributed by atoms with Gasteiger partial charge in [0.05, 0.1) is 26.3 Å². The predicted octanol–water partition coefficient (Wildman–Crippen LogP) is 3.54. The molecule has 0 saturated carbocycles. The van der Waals surface area contributed by atoms with Gasteiger partial charge in [-0.05, 0) is 49.2 Å². The topological polar surface area (TPSA) is 75.1 Å². The van der Waals surface area contributed by atoms with E-state index in [2.05, 4.69) is 22.5 Å². The maximum atomic E-state index is 8.91. The van der Waals surface area contributed by atoms with Crippen LogP contribution in [0.4, 0.5) is 0 Å². The van der Waals surface area contributed by atoms with Crippen molar-refractivity contribution in [3.8, 4) is 11.5 Å². The van der Waals surface area contributed by atoms with E-state index in [1.54, 1.807) is 7.11 Å². The van der Waals surface area contributed by atoms with Crippen molar-refractivity contribution in [1.82, 2.24) is 10.6 Å². The second-order valence-corrected chi connectivity index (χ2v) is 6.61. The molecule has 0 bridgehead atoms. The van der Waals surface area contributed by atoms with Crippen LogP contribution >= 0.6 is 11.6 Å². The van der Waals surface area contributed by atoms with E-state index >= 15 is 0 Å². The molecule has 1 unspecified atom stereocenters.